The van der Waals surface area contributed by atoms with Crippen molar-refractivity contribution in [3.8, 4) is 0 Å². The van der Waals surface area contributed by atoms with Gasteiger partial charge in [0.2, 0.25) is 5.91 Å². The predicted octanol–water partition coefficient (Wildman–Crippen LogP) is 2.78. The first-order chi connectivity index (χ1) is 11.3. The number of rotatable bonds is 5. The Bertz CT molecular complexity index is 764. The second-order valence-electron chi connectivity index (χ2n) is 5.86. The molecular formula is C18H21N3O3. The van der Waals surface area contributed by atoms with Crippen LogP contribution in [-0.4, -0.2) is 35.6 Å². The van der Waals surface area contributed by atoms with E-state index in [1.165, 1.54) is 6.07 Å². The summed E-state index contributed by atoms with van der Waals surface area (Å²) in [5, 5.41) is 11.9. The number of benzene rings is 1. The standard InChI is InChI=1S/C18H21N3O3/c1-11-8-12(2)17(13(3)9-11)20-16(22)10-21(4)15-7-5-6-14(19-15)18(23)24/h5-9H,10H2,1-4H3,(H,20,22)(H,23,24). The molecule has 0 atom stereocenters. The van der Waals surface area contributed by atoms with Crippen LogP contribution in [0.3, 0.4) is 0 Å². The van der Waals surface area contributed by atoms with Crippen LogP contribution in [0.4, 0.5) is 11.5 Å². The van der Waals surface area contributed by atoms with Gasteiger partial charge in [-0.25, -0.2) is 9.78 Å². The summed E-state index contributed by atoms with van der Waals surface area (Å²) in [6.45, 7) is 6.00. The number of amides is 1. The average Bonchev–Trinajstić information content (AvgIpc) is 2.51. The molecule has 6 nitrogen and oxygen atoms in total. The number of pyridine rings is 1. The van der Waals surface area contributed by atoms with Crippen molar-refractivity contribution in [2.75, 3.05) is 23.8 Å². The molecule has 2 aromatic rings. The Balaban J connectivity index is 2.10. The van der Waals surface area contributed by atoms with E-state index >= 15 is 0 Å². The van der Waals surface area contributed by atoms with Crippen LogP contribution >= 0.6 is 0 Å². The fourth-order valence-corrected chi connectivity index (χ4v) is 2.61. The number of aryl methyl sites for hydroxylation is 3. The van der Waals surface area contributed by atoms with Crippen LogP contribution in [0.1, 0.15) is 27.2 Å². The van der Waals surface area contributed by atoms with E-state index < -0.39 is 5.97 Å². The number of likely N-dealkylation sites (N-methyl/N-ethyl adjacent to an activating group) is 1. The van der Waals surface area contributed by atoms with Gasteiger partial charge in [0.25, 0.3) is 0 Å². The van der Waals surface area contributed by atoms with Crippen LogP contribution in [0.5, 0.6) is 0 Å². The predicted molar refractivity (Wildman–Crippen MR) is 93.7 cm³/mol. The molecule has 1 aromatic carbocycles. The summed E-state index contributed by atoms with van der Waals surface area (Å²) in [7, 11) is 1.70. The van der Waals surface area contributed by atoms with Crippen LogP contribution in [0.2, 0.25) is 0 Å². The Labute approximate surface area is 141 Å². The van der Waals surface area contributed by atoms with E-state index in [1.807, 2.05) is 32.9 Å². The van der Waals surface area contributed by atoms with E-state index in [1.54, 1.807) is 24.1 Å². The molecule has 6 heteroatoms. The molecule has 2 rings (SSSR count). The molecule has 0 bridgehead atoms. The van der Waals surface area contributed by atoms with E-state index in [0.717, 1.165) is 22.4 Å². The molecule has 0 unspecified atom stereocenters. The minimum Gasteiger partial charge on any atom is -0.477 e. The van der Waals surface area contributed by atoms with Gasteiger partial charge in [-0.3, -0.25) is 4.79 Å². The van der Waals surface area contributed by atoms with Crippen molar-refractivity contribution in [3.63, 3.8) is 0 Å². The average molecular weight is 327 g/mol. The van der Waals surface area contributed by atoms with Crippen molar-refractivity contribution < 1.29 is 14.7 Å². The second-order valence-corrected chi connectivity index (χ2v) is 5.86. The highest BCUT2D eigenvalue weighted by Gasteiger charge is 2.13. The van der Waals surface area contributed by atoms with Gasteiger partial charge in [-0.15, -0.1) is 0 Å². The molecule has 0 saturated carbocycles. The molecule has 1 aromatic heterocycles. The number of anilines is 2. The molecular weight excluding hydrogens is 306 g/mol. The maximum absolute atomic E-state index is 12.3. The van der Waals surface area contributed by atoms with Gasteiger partial charge in [0.05, 0.1) is 6.54 Å². The zero-order valence-corrected chi connectivity index (χ0v) is 14.3. The highest BCUT2D eigenvalue weighted by molar-refractivity contribution is 5.95. The third-order valence-electron chi connectivity index (χ3n) is 3.67. The van der Waals surface area contributed by atoms with Gasteiger partial charge in [-0.05, 0) is 44.0 Å². The minimum atomic E-state index is -1.10. The van der Waals surface area contributed by atoms with Gasteiger partial charge in [0.1, 0.15) is 5.82 Å². The maximum Gasteiger partial charge on any atom is 0.354 e. The zero-order chi connectivity index (χ0) is 17.9. The molecule has 0 aliphatic heterocycles. The lowest BCUT2D eigenvalue weighted by Crippen LogP contribution is -2.31. The summed E-state index contributed by atoms with van der Waals surface area (Å²) < 4.78 is 0. The SMILES string of the molecule is Cc1cc(C)c(NC(=O)CN(C)c2cccc(C(=O)O)n2)c(C)c1. The molecule has 1 heterocycles. The zero-order valence-electron chi connectivity index (χ0n) is 14.3. The second kappa shape index (κ2) is 7.12. The van der Waals surface area contributed by atoms with E-state index in [-0.39, 0.29) is 18.1 Å². The summed E-state index contributed by atoms with van der Waals surface area (Å²) in [5.41, 5.74) is 3.93. The Morgan fingerprint density at radius 2 is 1.79 bits per heavy atom. The Kier molecular flexibility index (Phi) is 5.18. The fourth-order valence-electron chi connectivity index (χ4n) is 2.61. The number of nitrogens with zero attached hydrogens (tertiary/aromatic N) is 2. The van der Waals surface area contributed by atoms with Gasteiger partial charge < -0.3 is 15.3 Å². The number of carboxylic acid groups (broad SMARTS) is 1. The van der Waals surface area contributed by atoms with Crippen LogP contribution < -0.4 is 10.2 Å². The quantitative estimate of drug-likeness (QED) is 0.882. The molecule has 0 radical (unpaired) electrons. The third kappa shape index (κ3) is 4.10. The summed E-state index contributed by atoms with van der Waals surface area (Å²) in [4.78, 5) is 28.9. The summed E-state index contributed by atoms with van der Waals surface area (Å²) in [5.74, 6) is -0.849. The lowest BCUT2D eigenvalue weighted by Gasteiger charge is -2.19. The van der Waals surface area contributed by atoms with Gasteiger partial charge >= 0.3 is 5.97 Å². The van der Waals surface area contributed by atoms with Crippen molar-refractivity contribution in [3.05, 3.63) is 52.7 Å². The highest BCUT2D eigenvalue weighted by Crippen LogP contribution is 2.22. The van der Waals surface area contributed by atoms with Gasteiger partial charge in [0.15, 0.2) is 5.69 Å². The summed E-state index contributed by atoms with van der Waals surface area (Å²) in [6, 6.07) is 8.73. The molecule has 0 fully saturated rings. The lowest BCUT2D eigenvalue weighted by atomic mass is 10.1. The Morgan fingerprint density at radius 1 is 1.17 bits per heavy atom. The van der Waals surface area contributed by atoms with Crippen LogP contribution in [-0.2, 0) is 4.79 Å². The van der Waals surface area contributed by atoms with Crippen LogP contribution in [0, 0.1) is 20.8 Å². The van der Waals surface area contributed by atoms with E-state index in [9.17, 15) is 9.59 Å². The third-order valence-corrected chi connectivity index (χ3v) is 3.67. The number of aromatic nitrogens is 1. The van der Waals surface area contributed by atoms with Crippen molar-refractivity contribution >= 4 is 23.4 Å². The van der Waals surface area contributed by atoms with Crippen molar-refractivity contribution in [2.24, 2.45) is 0 Å². The molecule has 0 aliphatic rings. The molecule has 24 heavy (non-hydrogen) atoms. The molecule has 1 amide bonds. The number of hydrogen-bond acceptors (Lipinski definition) is 4. The number of carbonyl (C=O) groups is 2. The monoisotopic (exact) mass is 327 g/mol. The molecule has 0 aliphatic carbocycles. The number of carbonyl (C=O) groups excluding carboxylic acids is 1. The Morgan fingerprint density at radius 3 is 2.38 bits per heavy atom. The number of hydrogen-bond donors (Lipinski definition) is 2. The highest BCUT2D eigenvalue weighted by atomic mass is 16.4. The maximum atomic E-state index is 12.3. The van der Waals surface area contributed by atoms with Crippen LogP contribution in [0.25, 0.3) is 0 Å². The van der Waals surface area contributed by atoms with E-state index in [0.29, 0.717) is 5.82 Å². The van der Waals surface area contributed by atoms with Gasteiger partial charge in [-0.1, -0.05) is 23.8 Å². The van der Waals surface area contributed by atoms with Crippen molar-refractivity contribution in [1.29, 1.82) is 0 Å². The molecule has 2 N–H and O–H groups in total. The normalized spacial score (nSPS) is 10.3. The van der Waals surface area contributed by atoms with E-state index in [2.05, 4.69) is 10.3 Å². The minimum absolute atomic E-state index is 0.0509. The molecule has 126 valence electrons. The topological polar surface area (TPSA) is 82.5 Å². The first-order valence-corrected chi connectivity index (χ1v) is 7.57. The fraction of sp³-hybridized carbons (Fsp3) is 0.278. The number of nitrogens with one attached hydrogen (secondary N) is 1. The first-order valence-electron chi connectivity index (χ1n) is 7.57. The lowest BCUT2D eigenvalue weighted by molar-refractivity contribution is -0.114. The Hall–Kier alpha value is -2.89. The largest absolute Gasteiger partial charge is 0.477 e. The summed E-state index contributed by atoms with van der Waals surface area (Å²) >= 11 is 0. The van der Waals surface area contributed by atoms with Gasteiger partial charge in [-0.2, -0.15) is 0 Å². The van der Waals surface area contributed by atoms with Gasteiger partial charge in [0, 0.05) is 12.7 Å². The van der Waals surface area contributed by atoms with Crippen molar-refractivity contribution in [2.45, 2.75) is 20.8 Å². The summed E-state index contributed by atoms with van der Waals surface area (Å²) in [6.07, 6.45) is 0. The molecule has 0 spiro atoms. The van der Waals surface area contributed by atoms with E-state index in [4.69, 9.17) is 5.11 Å². The van der Waals surface area contributed by atoms with Crippen molar-refractivity contribution in [1.82, 2.24) is 4.98 Å². The number of aromatic carboxylic acids is 1. The number of carboxylic acids is 1. The molecule has 0 saturated heterocycles. The van der Waals surface area contributed by atoms with Crippen LogP contribution in [0.15, 0.2) is 30.3 Å². The smallest absolute Gasteiger partial charge is 0.354 e. The first kappa shape index (κ1) is 17.5.